The van der Waals surface area contributed by atoms with Gasteiger partial charge in [0.05, 0.1) is 11.1 Å². The third-order valence-corrected chi connectivity index (χ3v) is 3.90. The van der Waals surface area contributed by atoms with E-state index in [1.807, 2.05) is 12.1 Å². The van der Waals surface area contributed by atoms with Gasteiger partial charge in [-0.25, -0.2) is 4.39 Å². The van der Waals surface area contributed by atoms with Gasteiger partial charge in [0, 0.05) is 11.1 Å². The van der Waals surface area contributed by atoms with Crippen molar-refractivity contribution in [3.8, 4) is 5.75 Å². The molecule has 0 radical (unpaired) electrons. The number of carbonyl (C=O) groups is 2. The minimum atomic E-state index is -1.00. The predicted octanol–water partition coefficient (Wildman–Crippen LogP) is 2.91. The molecule has 0 saturated heterocycles. The first-order valence-corrected chi connectivity index (χ1v) is 8.33. The topological polar surface area (TPSA) is 80.3 Å². The first-order chi connectivity index (χ1) is 13.0. The van der Waals surface area contributed by atoms with Crippen molar-refractivity contribution < 1.29 is 18.7 Å². The van der Waals surface area contributed by atoms with E-state index in [-0.39, 0.29) is 5.75 Å². The maximum Gasteiger partial charge on any atom is 0.279 e. The molecule has 0 aliphatic heterocycles. The Kier molecular flexibility index (Phi) is 5.30. The molecule has 0 bridgehead atoms. The Balaban J connectivity index is 1.67. The number of fused-ring (bicyclic) bond motifs is 1. The van der Waals surface area contributed by atoms with Crippen LogP contribution in [0.1, 0.15) is 23.0 Å². The summed E-state index contributed by atoms with van der Waals surface area (Å²) in [5.74, 6) is -1.70. The van der Waals surface area contributed by atoms with Crippen LogP contribution in [0.25, 0.3) is 10.9 Å². The Morgan fingerprint density at radius 2 is 1.78 bits per heavy atom. The Hall–Kier alpha value is -3.48. The summed E-state index contributed by atoms with van der Waals surface area (Å²) in [6, 6.07) is 14.6. The van der Waals surface area contributed by atoms with Crippen LogP contribution in [-0.2, 0) is 4.79 Å². The van der Waals surface area contributed by atoms with E-state index in [1.165, 1.54) is 25.1 Å². The fraction of sp³-hybridized carbons (Fsp3) is 0.150. The van der Waals surface area contributed by atoms with Gasteiger partial charge >= 0.3 is 0 Å². The molecule has 0 saturated carbocycles. The number of pyridine rings is 1. The Morgan fingerprint density at radius 1 is 1.07 bits per heavy atom. The van der Waals surface area contributed by atoms with Gasteiger partial charge in [-0.1, -0.05) is 30.3 Å². The van der Waals surface area contributed by atoms with Gasteiger partial charge in [-0.05, 0) is 38.1 Å². The number of hydrazine groups is 1. The van der Waals surface area contributed by atoms with Crippen LogP contribution >= 0.6 is 0 Å². The van der Waals surface area contributed by atoms with Gasteiger partial charge in [0.15, 0.2) is 17.7 Å². The molecule has 3 aromatic rings. The first-order valence-electron chi connectivity index (χ1n) is 8.33. The zero-order valence-electron chi connectivity index (χ0n) is 14.8. The Morgan fingerprint density at radius 3 is 2.56 bits per heavy atom. The highest BCUT2D eigenvalue weighted by molar-refractivity contribution is 6.06. The van der Waals surface area contributed by atoms with Crippen LogP contribution in [0.3, 0.4) is 0 Å². The monoisotopic (exact) mass is 367 g/mol. The molecule has 2 N–H and O–H groups in total. The lowest BCUT2D eigenvalue weighted by Gasteiger charge is -2.16. The molecule has 2 amide bonds. The molecule has 1 atom stereocenters. The summed E-state index contributed by atoms with van der Waals surface area (Å²) in [5.41, 5.74) is 6.41. The number of carbonyl (C=O) groups excluding carboxylic acids is 2. The number of ether oxygens (including phenoxy) is 1. The number of amides is 2. The molecule has 138 valence electrons. The summed E-state index contributed by atoms with van der Waals surface area (Å²) in [6.07, 6.45) is -1.00. The first kappa shape index (κ1) is 18.3. The van der Waals surface area contributed by atoms with Crippen LogP contribution in [-0.4, -0.2) is 22.9 Å². The number of nitrogens with one attached hydrogen (secondary N) is 2. The number of nitrogens with zero attached hydrogens (tertiary/aromatic N) is 1. The molecular weight excluding hydrogens is 349 g/mol. The minimum absolute atomic E-state index is 0.0396. The molecule has 0 aliphatic rings. The highest BCUT2D eigenvalue weighted by atomic mass is 19.1. The van der Waals surface area contributed by atoms with Gasteiger partial charge in [-0.15, -0.1) is 0 Å². The standard InChI is InChI=1S/C20H18FN3O3/c1-12-11-15(14-7-3-5-9-17(14)22-12)20(26)24-23-19(25)13(2)27-18-10-6-4-8-16(18)21/h3-11,13H,1-2H3,(H,23,25)(H,24,26)/t13-/m1/s1. The highest BCUT2D eigenvalue weighted by Gasteiger charge is 2.18. The van der Waals surface area contributed by atoms with Crippen molar-refractivity contribution in [3.05, 3.63) is 71.7 Å². The number of benzene rings is 2. The van der Waals surface area contributed by atoms with E-state index >= 15 is 0 Å². The molecular formula is C20H18FN3O3. The summed E-state index contributed by atoms with van der Waals surface area (Å²) in [6.45, 7) is 3.24. The zero-order chi connectivity index (χ0) is 19.4. The number of halogens is 1. The fourth-order valence-electron chi connectivity index (χ4n) is 2.57. The van der Waals surface area contributed by atoms with Crippen molar-refractivity contribution in [2.45, 2.75) is 20.0 Å². The molecule has 7 heteroatoms. The van der Waals surface area contributed by atoms with Crippen LogP contribution in [0, 0.1) is 12.7 Å². The summed E-state index contributed by atoms with van der Waals surface area (Å²) >= 11 is 0. The molecule has 0 unspecified atom stereocenters. The predicted molar refractivity (Wildman–Crippen MR) is 98.6 cm³/mol. The van der Waals surface area contributed by atoms with Gasteiger partial charge in [-0.3, -0.25) is 25.4 Å². The van der Waals surface area contributed by atoms with Gasteiger partial charge < -0.3 is 4.74 Å². The van der Waals surface area contributed by atoms with Gasteiger partial charge in [0.1, 0.15) is 0 Å². The minimum Gasteiger partial charge on any atom is -0.478 e. The number of rotatable bonds is 4. The number of hydrogen-bond acceptors (Lipinski definition) is 4. The van der Waals surface area contributed by atoms with E-state index in [0.29, 0.717) is 22.2 Å². The lowest BCUT2D eigenvalue weighted by Crippen LogP contribution is -2.47. The average Bonchev–Trinajstić information content (AvgIpc) is 2.66. The quantitative estimate of drug-likeness (QED) is 0.695. The van der Waals surface area contributed by atoms with Gasteiger partial charge in [0.25, 0.3) is 11.8 Å². The van der Waals surface area contributed by atoms with E-state index in [2.05, 4.69) is 15.8 Å². The second kappa shape index (κ2) is 7.82. The van der Waals surface area contributed by atoms with Gasteiger partial charge in [-0.2, -0.15) is 0 Å². The smallest absolute Gasteiger partial charge is 0.279 e. The lowest BCUT2D eigenvalue weighted by atomic mass is 10.1. The average molecular weight is 367 g/mol. The van der Waals surface area contributed by atoms with Crippen LogP contribution in [0.2, 0.25) is 0 Å². The Bertz CT molecular complexity index is 1010. The molecule has 1 heterocycles. The largest absolute Gasteiger partial charge is 0.478 e. The molecule has 0 aliphatic carbocycles. The van der Waals surface area contributed by atoms with E-state index in [9.17, 15) is 14.0 Å². The molecule has 6 nitrogen and oxygen atoms in total. The second-order valence-electron chi connectivity index (χ2n) is 5.96. The summed E-state index contributed by atoms with van der Waals surface area (Å²) in [7, 11) is 0. The molecule has 0 spiro atoms. The van der Waals surface area contributed by atoms with Crippen molar-refractivity contribution in [2.24, 2.45) is 0 Å². The third kappa shape index (κ3) is 4.20. The number of hydrogen-bond donors (Lipinski definition) is 2. The number of para-hydroxylation sites is 2. The number of aryl methyl sites for hydroxylation is 1. The second-order valence-corrected chi connectivity index (χ2v) is 5.96. The highest BCUT2D eigenvalue weighted by Crippen LogP contribution is 2.18. The third-order valence-electron chi connectivity index (χ3n) is 3.90. The molecule has 27 heavy (non-hydrogen) atoms. The van der Waals surface area contributed by atoms with Crippen LogP contribution in [0.4, 0.5) is 4.39 Å². The normalized spacial score (nSPS) is 11.7. The lowest BCUT2D eigenvalue weighted by molar-refractivity contribution is -0.128. The zero-order valence-corrected chi connectivity index (χ0v) is 14.8. The van der Waals surface area contributed by atoms with Crippen molar-refractivity contribution in [1.82, 2.24) is 15.8 Å². The maximum absolute atomic E-state index is 13.6. The van der Waals surface area contributed by atoms with Crippen molar-refractivity contribution in [1.29, 1.82) is 0 Å². The van der Waals surface area contributed by atoms with E-state index < -0.39 is 23.7 Å². The SMILES string of the molecule is Cc1cc(C(=O)NNC(=O)[C@@H](C)Oc2ccccc2F)c2ccccc2n1. The van der Waals surface area contributed by atoms with E-state index in [0.717, 1.165) is 0 Å². The summed E-state index contributed by atoms with van der Waals surface area (Å²) in [4.78, 5) is 29.0. The number of aromatic nitrogens is 1. The molecule has 0 fully saturated rings. The molecule has 1 aromatic heterocycles. The maximum atomic E-state index is 13.6. The van der Waals surface area contributed by atoms with Crippen LogP contribution in [0.15, 0.2) is 54.6 Å². The van der Waals surface area contributed by atoms with Crippen molar-refractivity contribution >= 4 is 22.7 Å². The summed E-state index contributed by atoms with van der Waals surface area (Å²) in [5, 5.41) is 0.672. The Labute approximate surface area is 155 Å². The van der Waals surface area contributed by atoms with E-state index in [1.54, 1.807) is 31.2 Å². The van der Waals surface area contributed by atoms with Gasteiger partial charge in [0.2, 0.25) is 0 Å². The van der Waals surface area contributed by atoms with Crippen LogP contribution in [0.5, 0.6) is 5.75 Å². The van der Waals surface area contributed by atoms with Crippen LogP contribution < -0.4 is 15.6 Å². The van der Waals surface area contributed by atoms with Crippen molar-refractivity contribution in [3.63, 3.8) is 0 Å². The summed E-state index contributed by atoms with van der Waals surface area (Å²) < 4.78 is 18.9. The van der Waals surface area contributed by atoms with E-state index in [4.69, 9.17) is 4.74 Å². The molecule has 2 aromatic carbocycles. The fourth-order valence-corrected chi connectivity index (χ4v) is 2.57. The van der Waals surface area contributed by atoms with Crippen molar-refractivity contribution in [2.75, 3.05) is 0 Å². The molecule has 3 rings (SSSR count).